The van der Waals surface area contributed by atoms with Crippen molar-refractivity contribution in [1.29, 1.82) is 0 Å². The Morgan fingerprint density at radius 1 is 0.848 bits per heavy atom. The van der Waals surface area contributed by atoms with Crippen LogP contribution in [0, 0.1) is 13.8 Å². The monoisotopic (exact) mass is 500 g/mol. The minimum absolute atomic E-state index is 0.0555. The lowest BCUT2D eigenvalue weighted by Gasteiger charge is -2.31. The van der Waals surface area contributed by atoms with Crippen LogP contribution >= 0.6 is 8.45 Å². The van der Waals surface area contributed by atoms with Crippen molar-refractivity contribution in [3.8, 4) is 0 Å². The van der Waals surface area contributed by atoms with Crippen LogP contribution in [-0.2, 0) is 27.2 Å². The molecule has 0 spiro atoms. The zero-order chi connectivity index (χ0) is 23.8. The quantitative estimate of drug-likeness (QED) is 0.358. The molecule has 2 aromatic rings. The van der Waals surface area contributed by atoms with Crippen LogP contribution in [0.4, 0.5) is 13.2 Å². The molecule has 0 N–H and O–H groups in total. The summed E-state index contributed by atoms with van der Waals surface area (Å²) in [5, 5.41) is 0. The molecule has 33 heavy (non-hydrogen) atoms. The maximum atomic E-state index is 13.3. The van der Waals surface area contributed by atoms with E-state index in [2.05, 4.69) is 0 Å². The number of nitrogens with zero attached hydrogens (tertiary/aromatic N) is 2. The molecule has 0 radical (unpaired) electrons. The van der Waals surface area contributed by atoms with Gasteiger partial charge in [0.25, 0.3) is 0 Å². The molecule has 0 bridgehead atoms. The van der Waals surface area contributed by atoms with Gasteiger partial charge in [-0.1, -0.05) is 72.5 Å². The van der Waals surface area contributed by atoms with Gasteiger partial charge in [-0.2, -0.15) is 21.6 Å². The van der Waals surface area contributed by atoms with E-state index in [1.54, 1.807) is 0 Å². The van der Waals surface area contributed by atoms with Crippen LogP contribution in [0.5, 0.6) is 0 Å². The Morgan fingerprint density at radius 3 is 1.61 bits per heavy atom. The predicted molar refractivity (Wildman–Crippen MR) is 122 cm³/mol. The second-order valence-electron chi connectivity index (χ2n) is 8.81. The Hall–Kier alpha value is -1.51. The van der Waals surface area contributed by atoms with Crippen molar-refractivity contribution in [1.82, 2.24) is 9.34 Å². The molecule has 0 unspecified atom stereocenters. The minimum Gasteiger partial charge on any atom is -0.237 e. The molecular formula is C23H28F3N2O3PS. The van der Waals surface area contributed by atoms with Gasteiger partial charge >= 0.3 is 15.6 Å². The molecule has 10 heteroatoms. The largest absolute Gasteiger partial charge is 0.523 e. The number of aryl methyl sites for hydroxylation is 2. The van der Waals surface area contributed by atoms with Crippen molar-refractivity contribution >= 4 is 18.6 Å². The Bertz CT molecular complexity index is 998. The number of fused-ring (bicyclic) bond motifs is 1. The van der Waals surface area contributed by atoms with Gasteiger partial charge in [-0.3, -0.25) is 0 Å². The first-order chi connectivity index (χ1) is 15.5. The molecule has 1 heterocycles. The third-order valence-electron chi connectivity index (χ3n) is 6.28. The number of benzene rings is 2. The lowest BCUT2D eigenvalue weighted by Crippen LogP contribution is -2.39. The van der Waals surface area contributed by atoms with Gasteiger partial charge in [0.05, 0.1) is 0 Å². The van der Waals surface area contributed by atoms with Gasteiger partial charge in [0.2, 0.25) is 8.45 Å². The predicted octanol–water partition coefficient (Wildman–Crippen LogP) is 6.03. The standard InChI is InChI=1S/C23H28F3N2O3PS/c1-17-7-11-19(12-8-17)15-27-21-5-3-4-6-22(21)28(16-20-13-9-18(2)10-14-20)32(27)31-33(29,30)23(24,25)26/h7-14,21-22H,3-6,15-16H2,1-2H3/t21-,22-/m1/s1. The highest BCUT2D eigenvalue weighted by atomic mass is 32.2. The number of alkyl halides is 3. The zero-order valence-electron chi connectivity index (χ0n) is 18.6. The van der Waals surface area contributed by atoms with Gasteiger partial charge in [0.15, 0.2) is 0 Å². The van der Waals surface area contributed by atoms with Crippen LogP contribution in [0.25, 0.3) is 0 Å². The number of halogens is 3. The third kappa shape index (κ3) is 5.43. The number of hydrogen-bond acceptors (Lipinski definition) is 5. The fraction of sp³-hybridized carbons (Fsp3) is 0.478. The maximum Gasteiger partial charge on any atom is 0.523 e. The highest BCUT2D eigenvalue weighted by Crippen LogP contribution is 2.61. The van der Waals surface area contributed by atoms with Gasteiger partial charge in [-0.05, 0) is 37.8 Å². The van der Waals surface area contributed by atoms with Crippen molar-refractivity contribution in [3.63, 3.8) is 0 Å². The molecule has 2 fully saturated rings. The molecule has 5 nitrogen and oxygen atoms in total. The SMILES string of the molecule is Cc1ccc(CN2[C@@H]3CCCC[C@H]3N(Cc3ccc(C)cc3)P2OS(=O)(=O)C(F)(F)F)cc1. The lowest BCUT2D eigenvalue weighted by molar-refractivity contribution is -0.0500. The molecule has 1 saturated heterocycles. The van der Waals surface area contributed by atoms with Crippen LogP contribution in [0.2, 0.25) is 0 Å². The number of hydrogen-bond donors (Lipinski definition) is 0. The highest BCUT2D eigenvalue weighted by Gasteiger charge is 2.56. The second-order valence-corrected chi connectivity index (χ2v) is 12.3. The van der Waals surface area contributed by atoms with Crippen molar-refractivity contribution in [2.24, 2.45) is 0 Å². The molecule has 1 saturated carbocycles. The molecule has 0 aromatic heterocycles. The topological polar surface area (TPSA) is 49.9 Å². The third-order valence-corrected chi connectivity index (χ3v) is 9.92. The van der Waals surface area contributed by atoms with Crippen LogP contribution in [0.15, 0.2) is 48.5 Å². The molecule has 1 aliphatic carbocycles. The van der Waals surface area contributed by atoms with Crippen LogP contribution < -0.4 is 0 Å². The minimum atomic E-state index is -5.74. The highest BCUT2D eigenvalue weighted by molar-refractivity contribution is 7.91. The Morgan fingerprint density at radius 2 is 1.24 bits per heavy atom. The van der Waals surface area contributed by atoms with Gasteiger partial charge in [-0.25, -0.2) is 13.3 Å². The normalized spacial score (nSPS) is 23.1. The summed E-state index contributed by atoms with van der Waals surface area (Å²) < 4.78 is 72.9. The average Bonchev–Trinajstić information content (AvgIpc) is 3.03. The fourth-order valence-electron chi connectivity index (χ4n) is 4.52. The summed E-state index contributed by atoms with van der Waals surface area (Å²) >= 11 is 0. The molecule has 2 atom stereocenters. The summed E-state index contributed by atoms with van der Waals surface area (Å²) in [6.45, 7) is 4.61. The zero-order valence-corrected chi connectivity index (χ0v) is 20.3. The molecule has 0 amide bonds. The summed E-state index contributed by atoms with van der Waals surface area (Å²) in [7, 11) is -7.92. The lowest BCUT2D eigenvalue weighted by atomic mass is 9.90. The van der Waals surface area contributed by atoms with Gasteiger partial charge in [0, 0.05) is 25.2 Å². The summed E-state index contributed by atoms with van der Waals surface area (Å²) in [5.41, 5.74) is -1.47. The van der Waals surface area contributed by atoms with E-state index in [0.717, 1.165) is 47.9 Å². The molecule has 1 aliphatic heterocycles. The van der Waals surface area contributed by atoms with E-state index in [-0.39, 0.29) is 12.1 Å². The van der Waals surface area contributed by atoms with E-state index in [0.29, 0.717) is 13.1 Å². The van der Waals surface area contributed by atoms with E-state index in [9.17, 15) is 21.6 Å². The summed E-state index contributed by atoms with van der Waals surface area (Å²) in [6.07, 6.45) is 3.52. The first-order valence-corrected chi connectivity index (χ1v) is 13.6. The summed E-state index contributed by atoms with van der Waals surface area (Å²) in [5.74, 6) is 0. The molecular weight excluding hydrogens is 472 g/mol. The van der Waals surface area contributed by atoms with Gasteiger partial charge in [-0.15, -0.1) is 0 Å². The molecule has 180 valence electrons. The number of rotatable bonds is 6. The van der Waals surface area contributed by atoms with Crippen molar-refractivity contribution < 1.29 is 25.6 Å². The van der Waals surface area contributed by atoms with Gasteiger partial charge < -0.3 is 0 Å². The van der Waals surface area contributed by atoms with E-state index in [4.69, 9.17) is 3.97 Å². The maximum absolute atomic E-state index is 13.3. The van der Waals surface area contributed by atoms with Gasteiger partial charge in [0.1, 0.15) is 0 Å². The van der Waals surface area contributed by atoms with Crippen molar-refractivity contribution in [3.05, 3.63) is 70.8 Å². The molecule has 2 aromatic carbocycles. The average molecular weight is 501 g/mol. The van der Waals surface area contributed by atoms with Crippen molar-refractivity contribution in [2.45, 2.75) is 70.2 Å². The van der Waals surface area contributed by atoms with E-state index < -0.39 is 24.1 Å². The Labute approximate surface area is 194 Å². The molecule has 4 rings (SSSR count). The first kappa shape index (κ1) is 24.6. The van der Waals surface area contributed by atoms with E-state index in [1.165, 1.54) is 0 Å². The van der Waals surface area contributed by atoms with E-state index in [1.807, 2.05) is 71.7 Å². The molecule has 2 aliphatic rings. The second kappa shape index (κ2) is 9.62. The smallest absolute Gasteiger partial charge is 0.237 e. The summed E-state index contributed by atoms with van der Waals surface area (Å²) in [4.78, 5) is 0. The van der Waals surface area contributed by atoms with Crippen molar-refractivity contribution in [2.75, 3.05) is 0 Å². The van der Waals surface area contributed by atoms with Crippen LogP contribution in [0.1, 0.15) is 47.9 Å². The van der Waals surface area contributed by atoms with Crippen LogP contribution in [-0.4, -0.2) is 35.4 Å². The first-order valence-electron chi connectivity index (χ1n) is 11.0. The van der Waals surface area contributed by atoms with E-state index >= 15 is 0 Å². The summed E-state index contributed by atoms with van der Waals surface area (Å²) in [6, 6.07) is 15.4. The Kier molecular flexibility index (Phi) is 7.18. The van der Waals surface area contributed by atoms with Crippen LogP contribution in [0.3, 0.4) is 0 Å². The Balaban J connectivity index is 1.71. The fourth-order valence-corrected chi connectivity index (χ4v) is 8.16.